The molecule has 11 heteroatoms. The Morgan fingerprint density at radius 2 is 1.91 bits per heavy atom. The second-order valence-electron chi connectivity index (χ2n) is 8.41. The lowest BCUT2D eigenvalue weighted by Gasteiger charge is -2.16. The zero-order chi connectivity index (χ0) is 23.6. The number of fused-ring (bicyclic) bond motifs is 2. The van der Waals surface area contributed by atoms with Crippen molar-refractivity contribution in [3.8, 4) is 0 Å². The fraction of sp³-hybridized carbons (Fsp3) is 0.250. The predicted molar refractivity (Wildman–Crippen MR) is 132 cm³/mol. The average molecular weight is 469 g/mol. The fourth-order valence-electron chi connectivity index (χ4n) is 4.28. The molecule has 4 aromatic heterocycles. The van der Waals surface area contributed by atoms with E-state index in [9.17, 15) is 4.79 Å². The summed E-state index contributed by atoms with van der Waals surface area (Å²) in [6, 6.07) is 11.6. The number of rotatable bonds is 8. The third-order valence-electron chi connectivity index (χ3n) is 6.04. The highest BCUT2D eigenvalue weighted by Crippen LogP contribution is 2.24. The van der Waals surface area contributed by atoms with Crippen molar-refractivity contribution in [1.82, 2.24) is 39.4 Å². The van der Waals surface area contributed by atoms with Crippen LogP contribution in [0.5, 0.6) is 0 Å². The first kappa shape index (κ1) is 21.0. The van der Waals surface area contributed by atoms with E-state index in [2.05, 4.69) is 30.6 Å². The summed E-state index contributed by atoms with van der Waals surface area (Å²) < 4.78 is 1.96. The number of carbonyl (C=O) groups excluding carboxylic acids is 1. The highest BCUT2D eigenvalue weighted by Gasteiger charge is 2.20. The lowest BCUT2D eigenvalue weighted by molar-refractivity contribution is -0.127. The fourth-order valence-corrected chi connectivity index (χ4v) is 4.28. The third-order valence-corrected chi connectivity index (χ3v) is 6.04. The zero-order valence-corrected chi connectivity index (χ0v) is 19.0. The summed E-state index contributed by atoms with van der Waals surface area (Å²) in [5.41, 5.74) is 4.08. The van der Waals surface area contributed by atoms with Crippen LogP contribution >= 0.6 is 0 Å². The normalized spacial score (nSPS) is 13.7. The smallest absolute Gasteiger partial charge is 0.231 e. The van der Waals surface area contributed by atoms with Gasteiger partial charge in [-0.25, -0.2) is 9.97 Å². The number of carbonyl (C=O) groups is 1. The van der Waals surface area contributed by atoms with Crippen LogP contribution in [-0.2, 0) is 17.9 Å². The van der Waals surface area contributed by atoms with Gasteiger partial charge < -0.3 is 25.1 Å². The summed E-state index contributed by atoms with van der Waals surface area (Å²) in [4.78, 5) is 40.0. The molecule has 1 aliphatic rings. The first-order chi connectivity index (χ1) is 17.2. The van der Waals surface area contributed by atoms with Crippen molar-refractivity contribution < 1.29 is 4.79 Å². The molecule has 1 aromatic carbocycles. The minimum atomic E-state index is 0.206. The van der Waals surface area contributed by atoms with Crippen molar-refractivity contribution >= 4 is 45.6 Å². The van der Waals surface area contributed by atoms with Gasteiger partial charge in [-0.05, 0) is 30.7 Å². The topological polar surface area (TPSA) is 130 Å². The second-order valence-corrected chi connectivity index (χ2v) is 8.41. The number of benzene rings is 1. The van der Waals surface area contributed by atoms with Crippen molar-refractivity contribution in [2.75, 3.05) is 23.7 Å². The highest BCUT2D eigenvalue weighted by atomic mass is 16.2. The number of aromatic amines is 1. The molecule has 0 saturated carbocycles. The van der Waals surface area contributed by atoms with E-state index in [1.807, 2.05) is 45.9 Å². The number of nitrogens with one attached hydrogen (secondary N) is 3. The van der Waals surface area contributed by atoms with Gasteiger partial charge in [-0.1, -0.05) is 12.1 Å². The van der Waals surface area contributed by atoms with Gasteiger partial charge in [-0.3, -0.25) is 9.78 Å². The summed E-state index contributed by atoms with van der Waals surface area (Å²) in [7, 11) is 0. The van der Waals surface area contributed by atoms with Crippen LogP contribution in [0, 0.1) is 0 Å². The van der Waals surface area contributed by atoms with E-state index < -0.39 is 0 Å². The van der Waals surface area contributed by atoms with Crippen LogP contribution in [0.15, 0.2) is 55.1 Å². The standard InChI is InChI=1S/C24H24N10O/c35-20-6-3-11-33(20)12-13-34-15-27-21-22(26-14-19-29-17-4-1-2-5-18(17)30-19)31-24(32-23(21)34)28-16-7-9-25-10-8-16/h1-2,4-5,7-10,15H,3,6,11-14H2,(H,29,30)(H2,25,26,28,31,32). The number of H-pyrrole nitrogens is 1. The molecule has 0 bridgehead atoms. The second kappa shape index (κ2) is 9.01. The lowest BCUT2D eigenvalue weighted by Crippen LogP contribution is -2.28. The Labute approximate surface area is 200 Å². The maximum atomic E-state index is 12.0. The van der Waals surface area contributed by atoms with E-state index in [0.29, 0.717) is 49.0 Å². The molecule has 0 spiro atoms. The van der Waals surface area contributed by atoms with Gasteiger partial charge in [-0.15, -0.1) is 0 Å². The lowest BCUT2D eigenvalue weighted by atomic mass is 10.3. The first-order valence-electron chi connectivity index (χ1n) is 11.6. The number of aromatic nitrogens is 7. The summed E-state index contributed by atoms with van der Waals surface area (Å²) in [6.45, 7) is 2.49. The van der Waals surface area contributed by atoms with E-state index in [0.717, 1.165) is 35.5 Å². The number of hydrogen-bond acceptors (Lipinski definition) is 8. The summed E-state index contributed by atoms with van der Waals surface area (Å²) in [5, 5.41) is 6.62. The number of anilines is 3. The summed E-state index contributed by atoms with van der Waals surface area (Å²) in [6.07, 6.45) is 6.71. The van der Waals surface area contributed by atoms with E-state index in [1.54, 1.807) is 18.7 Å². The van der Waals surface area contributed by atoms with Crippen molar-refractivity contribution in [2.45, 2.75) is 25.9 Å². The molecule has 35 heavy (non-hydrogen) atoms. The number of hydrogen-bond donors (Lipinski definition) is 3. The Kier molecular flexibility index (Phi) is 5.41. The van der Waals surface area contributed by atoms with Gasteiger partial charge in [0.05, 0.1) is 23.9 Å². The Morgan fingerprint density at radius 3 is 2.74 bits per heavy atom. The van der Waals surface area contributed by atoms with Gasteiger partial charge in [0.2, 0.25) is 11.9 Å². The Balaban J connectivity index is 1.30. The van der Waals surface area contributed by atoms with E-state index in [-0.39, 0.29) is 5.91 Å². The monoisotopic (exact) mass is 468 g/mol. The summed E-state index contributed by atoms with van der Waals surface area (Å²) in [5.74, 6) is 2.05. The molecule has 1 amide bonds. The maximum absolute atomic E-state index is 12.0. The third kappa shape index (κ3) is 4.35. The van der Waals surface area contributed by atoms with Gasteiger partial charge in [0.15, 0.2) is 17.0 Å². The molecule has 5 aromatic rings. The minimum Gasteiger partial charge on any atom is -0.361 e. The van der Waals surface area contributed by atoms with Crippen LogP contribution in [0.2, 0.25) is 0 Å². The van der Waals surface area contributed by atoms with E-state index >= 15 is 0 Å². The van der Waals surface area contributed by atoms with Crippen molar-refractivity contribution in [3.05, 3.63) is 60.9 Å². The Morgan fingerprint density at radius 1 is 1.03 bits per heavy atom. The van der Waals surface area contributed by atoms with E-state index in [1.165, 1.54) is 0 Å². The van der Waals surface area contributed by atoms with Gasteiger partial charge in [0, 0.05) is 44.1 Å². The molecular weight excluding hydrogens is 444 g/mol. The number of imidazole rings is 2. The van der Waals surface area contributed by atoms with Gasteiger partial charge in [0.25, 0.3) is 0 Å². The molecule has 176 valence electrons. The molecule has 11 nitrogen and oxygen atoms in total. The molecule has 0 unspecified atom stereocenters. The van der Waals surface area contributed by atoms with Crippen LogP contribution < -0.4 is 10.6 Å². The van der Waals surface area contributed by atoms with Gasteiger partial charge >= 0.3 is 0 Å². The molecule has 1 saturated heterocycles. The van der Waals surface area contributed by atoms with Gasteiger partial charge in [0.1, 0.15) is 5.82 Å². The first-order valence-corrected chi connectivity index (χ1v) is 11.6. The highest BCUT2D eigenvalue weighted by molar-refractivity contribution is 5.85. The molecule has 0 radical (unpaired) electrons. The molecule has 5 heterocycles. The quantitative estimate of drug-likeness (QED) is 0.317. The van der Waals surface area contributed by atoms with Crippen LogP contribution in [-0.4, -0.2) is 58.4 Å². The molecule has 3 N–H and O–H groups in total. The van der Waals surface area contributed by atoms with Crippen LogP contribution in [0.4, 0.5) is 17.5 Å². The Bertz CT molecular complexity index is 1460. The minimum absolute atomic E-state index is 0.206. The number of amides is 1. The van der Waals surface area contributed by atoms with Crippen molar-refractivity contribution in [1.29, 1.82) is 0 Å². The largest absolute Gasteiger partial charge is 0.361 e. The molecule has 0 atom stereocenters. The number of nitrogens with zero attached hydrogens (tertiary/aromatic N) is 7. The Hall–Kier alpha value is -4.54. The number of pyridine rings is 1. The molecule has 1 fully saturated rings. The molecule has 0 aliphatic carbocycles. The van der Waals surface area contributed by atoms with Crippen LogP contribution in [0.3, 0.4) is 0 Å². The SMILES string of the molecule is O=C1CCCN1CCn1cnc2c(NCc3nc4ccccc4[nH]3)nc(Nc3ccncc3)nc21. The summed E-state index contributed by atoms with van der Waals surface area (Å²) >= 11 is 0. The van der Waals surface area contributed by atoms with E-state index in [4.69, 9.17) is 9.97 Å². The number of likely N-dealkylation sites (tertiary alicyclic amines) is 1. The molecule has 1 aliphatic heterocycles. The van der Waals surface area contributed by atoms with Crippen LogP contribution in [0.25, 0.3) is 22.2 Å². The van der Waals surface area contributed by atoms with Crippen molar-refractivity contribution in [2.24, 2.45) is 0 Å². The van der Waals surface area contributed by atoms with Crippen LogP contribution in [0.1, 0.15) is 18.7 Å². The average Bonchev–Trinajstić information content (AvgIpc) is 3.60. The zero-order valence-electron chi connectivity index (χ0n) is 19.0. The predicted octanol–water partition coefficient (Wildman–Crippen LogP) is 3.08. The molecular formula is C24H24N10O. The van der Waals surface area contributed by atoms with Crippen molar-refractivity contribution in [3.63, 3.8) is 0 Å². The van der Waals surface area contributed by atoms with Gasteiger partial charge in [-0.2, -0.15) is 9.97 Å². The molecule has 6 rings (SSSR count). The maximum Gasteiger partial charge on any atom is 0.231 e. The number of para-hydroxylation sites is 2.